The van der Waals surface area contributed by atoms with E-state index in [0.29, 0.717) is 18.2 Å². The van der Waals surface area contributed by atoms with Crippen LogP contribution in [0.2, 0.25) is 0 Å². The van der Waals surface area contributed by atoms with Crippen molar-refractivity contribution in [2.75, 3.05) is 5.32 Å². The molecule has 1 unspecified atom stereocenters. The fourth-order valence-electron chi connectivity index (χ4n) is 1.98. The molecule has 0 fully saturated rings. The Bertz CT molecular complexity index is 578. The van der Waals surface area contributed by atoms with Gasteiger partial charge in [0, 0.05) is 5.39 Å². The third kappa shape index (κ3) is 3.19. The number of nitrogens with zero attached hydrogens (tertiary/aromatic N) is 2. The minimum absolute atomic E-state index is 0.293. The number of benzene rings is 1. The maximum atomic E-state index is 11.3. The van der Waals surface area contributed by atoms with E-state index in [1.54, 1.807) is 0 Å². The fraction of sp³-hybridized carbons (Fsp3) is 0.357. The average Bonchev–Trinajstić information content (AvgIpc) is 2.37. The van der Waals surface area contributed by atoms with Crippen LogP contribution in [-0.4, -0.2) is 27.1 Å². The van der Waals surface area contributed by atoms with E-state index in [0.717, 1.165) is 10.9 Å². The molecule has 0 saturated heterocycles. The first-order valence-electron chi connectivity index (χ1n) is 6.27. The lowest BCUT2D eigenvalue weighted by Gasteiger charge is -2.17. The lowest BCUT2D eigenvalue weighted by atomic mass is 10.0. The molecular weight excluding hydrogens is 242 g/mol. The molecule has 2 rings (SSSR count). The minimum atomic E-state index is -0.864. The number of carboxylic acid groups (broad SMARTS) is 1. The molecule has 100 valence electrons. The van der Waals surface area contributed by atoms with Crippen molar-refractivity contribution in [3.8, 4) is 0 Å². The Kier molecular flexibility index (Phi) is 3.94. The normalized spacial score (nSPS) is 12.6. The van der Waals surface area contributed by atoms with Crippen LogP contribution in [0.5, 0.6) is 0 Å². The van der Waals surface area contributed by atoms with Crippen LogP contribution in [-0.2, 0) is 4.79 Å². The maximum Gasteiger partial charge on any atom is 0.326 e. The first-order valence-corrected chi connectivity index (χ1v) is 6.27. The number of hydrogen-bond donors (Lipinski definition) is 2. The molecule has 0 aliphatic rings. The van der Waals surface area contributed by atoms with E-state index in [2.05, 4.69) is 15.3 Å². The van der Waals surface area contributed by atoms with Gasteiger partial charge in [0.15, 0.2) is 0 Å². The van der Waals surface area contributed by atoms with Crippen molar-refractivity contribution < 1.29 is 9.90 Å². The number of aliphatic carboxylic acids is 1. The molecule has 0 spiro atoms. The van der Waals surface area contributed by atoms with Gasteiger partial charge in [-0.15, -0.1) is 0 Å². The molecule has 0 amide bonds. The molecule has 0 saturated carbocycles. The summed E-state index contributed by atoms with van der Waals surface area (Å²) in [4.78, 5) is 19.6. The molecule has 2 N–H and O–H groups in total. The first-order chi connectivity index (χ1) is 9.08. The number of hydrogen-bond acceptors (Lipinski definition) is 4. The Morgan fingerprint density at radius 2 is 2.05 bits per heavy atom. The van der Waals surface area contributed by atoms with Gasteiger partial charge in [-0.1, -0.05) is 26.0 Å². The van der Waals surface area contributed by atoms with Gasteiger partial charge in [0.05, 0.1) is 5.52 Å². The van der Waals surface area contributed by atoms with Crippen LogP contribution < -0.4 is 5.32 Å². The zero-order valence-electron chi connectivity index (χ0n) is 11.0. The van der Waals surface area contributed by atoms with Gasteiger partial charge in [-0.25, -0.2) is 14.8 Å². The quantitative estimate of drug-likeness (QED) is 0.863. The number of nitrogens with one attached hydrogen (secondary N) is 1. The number of carbonyl (C=O) groups is 1. The van der Waals surface area contributed by atoms with Crippen molar-refractivity contribution in [2.45, 2.75) is 26.3 Å². The topological polar surface area (TPSA) is 75.1 Å². The molecule has 1 aromatic carbocycles. The summed E-state index contributed by atoms with van der Waals surface area (Å²) < 4.78 is 0. The summed E-state index contributed by atoms with van der Waals surface area (Å²) in [5.41, 5.74) is 0.800. The summed E-state index contributed by atoms with van der Waals surface area (Å²) in [6.45, 7) is 3.99. The Morgan fingerprint density at radius 3 is 2.74 bits per heavy atom. The van der Waals surface area contributed by atoms with Crippen LogP contribution in [0.15, 0.2) is 30.6 Å². The highest BCUT2D eigenvalue weighted by Crippen LogP contribution is 2.20. The van der Waals surface area contributed by atoms with Crippen molar-refractivity contribution in [3.05, 3.63) is 30.6 Å². The second-order valence-corrected chi connectivity index (χ2v) is 4.90. The lowest BCUT2D eigenvalue weighted by molar-refractivity contribution is -0.138. The summed E-state index contributed by atoms with van der Waals surface area (Å²) in [5, 5.41) is 13.1. The number of para-hydroxylation sites is 1. The Morgan fingerprint density at radius 1 is 1.32 bits per heavy atom. The van der Waals surface area contributed by atoms with Gasteiger partial charge in [0.25, 0.3) is 0 Å². The second kappa shape index (κ2) is 5.65. The SMILES string of the molecule is CC(C)CC(Nc1ncnc2ccccc12)C(=O)O. The molecule has 5 heteroatoms. The smallest absolute Gasteiger partial charge is 0.326 e. The fourth-order valence-corrected chi connectivity index (χ4v) is 1.98. The molecule has 1 heterocycles. The highest BCUT2D eigenvalue weighted by Gasteiger charge is 2.19. The van der Waals surface area contributed by atoms with Crippen molar-refractivity contribution in [1.82, 2.24) is 9.97 Å². The summed E-state index contributed by atoms with van der Waals surface area (Å²) in [6, 6.07) is 6.89. The highest BCUT2D eigenvalue weighted by molar-refractivity contribution is 5.90. The number of aromatic nitrogens is 2. The van der Waals surface area contributed by atoms with Crippen LogP contribution >= 0.6 is 0 Å². The Balaban J connectivity index is 2.31. The molecule has 5 nitrogen and oxygen atoms in total. The zero-order chi connectivity index (χ0) is 13.8. The zero-order valence-corrected chi connectivity index (χ0v) is 11.0. The van der Waals surface area contributed by atoms with Crippen molar-refractivity contribution in [3.63, 3.8) is 0 Å². The van der Waals surface area contributed by atoms with E-state index in [4.69, 9.17) is 0 Å². The molecule has 1 atom stereocenters. The molecule has 0 aliphatic carbocycles. The maximum absolute atomic E-state index is 11.3. The monoisotopic (exact) mass is 259 g/mol. The van der Waals surface area contributed by atoms with Gasteiger partial charge in [0.2, 0.25) is 0 Å². The largest absolute Gasteiger partial charge is 0.480 e. The van der Waals surface area contributed by atoms with E-state index >= 15 is 0 Å². The van der Waals surface area contributed by atoms with Crippen molar-refractivity contribution >= 4 is 22.7 Å². The van der Waals surface area contributed by atoms with E-state index in [9.17, 15) is 9.90 Å². The summed E-state index contributed by atoms with van der Waals surface area (Å²) >= 11 is 0. The average molecular weight is 259 g/mol. The van der Waals surface area contributed by atoms with Crippen LogP contribution in [0.3, 0.4) is 0 Å². The van der Waals surface area contributed by atoms with Crippen LogP contribution in [0.25, 0.3) is 10.9 Å². The predicted molar refractivity (Wildman–Crippen MR) is 74.0 cm³/mol. The standard InChI is InChI=1S/C14H17N3O2/c1-9(2)7-12(14(18)19)17-13-10-5-3-4-6-11(10)15-8-16-13/h3-6,8-9,12H,7H2,1-2H3,(H,18,19)(H,15,16,17). The molecule has 0 aliphatic heterocycles. The second-order valence-electron chi connectivity index (χ2n) is 4.90. The Labute approximate surface area is 111 Å². The Hall–Kier alpha value is -2.17. The minimum Gasteiger partial charge on any atom is -0.480 e. The molecule has 0 bridgehead atoms. The number of rotatable bonds is 5. The van der Waals surface area contributed by atoms with Gasteiger partial charge in [-0.3, -0.25) is 0 Å². The lowest BCUT2D eigenvalue weighted by Crippen LogP contribution is -2.31. The van der Waals surface area contributed by atoms with Gasteiger partial charge >= 0.3 is 5.97 Å². The summed E-state index contributed by atoms with van der Waals surface area (Å²) in [7, 11) is 0. The molecule has 2 aromatic rings. The van der Waals surface area contributed by atoms with E-state index < -0.39 is 12.0 Å². The van der Waals surface area contributed by atoms with Crippen LogP contribution in [0.4, 0.5) is 5.82 Å². The molecular formula is C14H17N3O2. The first kappa shape index (κ1) is 13.3. The number of carboxylic acids is 1. The number of fused-ring (bicyclic) bond motifs is 1. The van der Waals surface area contributed by atoms with Gasteiger partial charge in [-0.05, 0) is 24.5 Å². The van der Waals surface area contributed by atoms with Gasteiger partial charge in [0.1, 0.15) is 18.2 Å². The molecule has 1 aromatic heterocycles. The summed E-state index contributed by atoms with van der Waals surface area (Å²) in [5.74, 6) is -0.00301. The third-order valence-corrected chi connectivity index (χ3v) is 2.86. The van der Waals surface area contributed by atoms with Crippen LogP contribution in [0, 0.1) is 5.92 Å². The van der Waals surface area contributed by atoms with Crippen molar-refractivity contribution in [1.29, 1.82) is 0 Å². The van der Waals surface area contributed by atoms with E-state index in [-0.39, 0.29) is 0 Å². The third-order valence-electron chi connectivity index (χ3n) is 2.86. The molecule has 0 radical (unpaired) electrons. The van der Waals surface area contributed by atoms with Crippen LogP contribution in [0.1, 0.15) is 20.3 Å². The molecule has 19 heavy (non-hydrogen) atoms. The van der Waals surface area contributed by atoms with Crippen molar-refractivity contribution in [2.24, 2.45) is 5.92 Å². The highest BCUT2D eigenvalue weighted by atomic mass is 16.4. The number of anilines is 1. The van der Waals surface area contributed by atoms with Gasteiger partial charge < -0.3 is 10.4 Å². The summed E-state index contributed by atoms with van der Waals surface area (Å²) in [6.07, 6.45) is 1.99. The van der Waals surface area contributed by atoms with E-state index in [1.165, 1.54) is 6.33 Å². The predicted octanol–water partition coefficient (Wildman–Crippen LogP) is 2.54. The van der Waals surface area contributed by atoms with Gasteiger partial charge in [-0.2, -0.15) is 0 Å². The van der Waals surface area contributed by atoms with E-state index in [1.807, 2.05) is 38.1 Å².